The van der Waals surface area contributed by atoms with E-state index < -0.39 is 11.9 Å². The molecule has 1 aromatic heterocycles. The highest BCUT2D eigenvalue weighted by atomic mass is 19.1. The predicted octanol–water partition coefficient (Wildman–Crippen LogP) is 2.95. The molecule has 0 radical (unpaired) electrons. The largest absolute Gasteiger partial charge is 0.451 e. The molecule has 3 rings (SSSR count). The fourth-order valence-electron chi connectivity index (χ4n) is 3.58. The zero-order valence-electron chi connectivity index (χ0n) is 17.7. The third-order valence-corrected chi connectivity index (χ3v) is 5.00. The Morgan fingerprint density at radius 1 is 1.35 bits per heavy atom. The van der Waals surface area contributed by atoms with Crippen molar-refractivity contribution in [1.82, 2.24) is 14.9 Å². The van der Waals surface area contributed by atoms with Gasteiger partial charge in [-0.3, -0.25) is 4.79 Å². The Morgan fingerprint density at radius 2 is 2.13 bits per heavy atom. The molecule has 1 fully saturated rings. The number of nitrogens with two attached hydrogens (primary N) is 1. The number of hydrogen-bond acceptors (Lipinski definition) is 7. The van der Waals surface area contributed by atoms with Crippen molar-refractivity contribution in [1.29, 1.82) is 0 Å². The Balaban J connectivity index is 1.89. The zero-order valence-corrected chi connectivity index (χ0v) is 17.7. The molecule has 2 N–H and O–H groups in total. The van der Waals surface area contributed by atoms with Gasteiger partial charge in [0.15, 0.2) is 11.6 Å². The van der Waals surface area contributed by atoms with Gasteiger partial charge in [-0.05, 0) is 39.0 Å². The minimum absolute atomic E-state index is 0.0592. The molecule has 0 bridgehead atoms. The van der Waals surface area contributed by atoms with Crippen LogP contribution in [0, 0.1) is 5.82 Å². The fourth-order valence-corrected chi connectivity index (χ4v) is 3.58. The average molecular weight is 431 g/mol. The quantitative estimate of drug-likeness (QED) is 0.717. The standard InChI is InChI=1S/C21H26FN5O4/c1-4-27(13(2)3)20(28)16-9-14(22)5-6-17(16)31-18-10-24-12-25-19(18)26-8-7-15(11-26)30-21(23)29/h5-6,9-10,12-13,15H,4,7-8,11H2,1-3H3,(H2,23,29). The lowest BCUT2D eigenvalue weighted by Crippen LogP contribution is -2.36. The molecule has 1 atom stereocenters. The maximum Gasteiger partial charge on any atom is 0.404 e. The van der Waals surface area contributed by atoms with Gasteiger partial charge in [-0.2, -0.15) is 0 Å². The molecule has 0 saturated carbocycles. The third-order valence-electron chi connectivity index (χ3n) is 5.00. The van der Waals surface area contributed by atoms with Gasteiger partial charge in [0.1, 0.15) is 24.0 Å². The highest BCUT2D eigenvalue weighted by Crippen LogP contribution is 2.34. The molecule has 2 heterocycles. The first-order valence-electron chi connectivity index (χ1n) is 10.1. The summed E-state index contributed by atoms with van der Waals surface area (Å²) in [5.74, 6) is 0.109. The summed E-state index contributed by atoms with van der Waals surface area (Å²) in [4.78, 5) is 35.9. The molecule has 1 saturated heterocycles. The van der Waals surface area contributed by atoms with Crippen LogP contribution in [0.4, 0.5) is 15.0 Å². The van der Waals surface area contributed by atoms with Gasteiger partial charge < -0.3 is 25.0 Å². The van der Waals surface area contributed by atoms with Crippen LogP contribution < -0.4 is 15.4 Å². The number of hydrogen-bond donors (Lipinski definition) is 1. The monoisotopic (exact) mass is 431 g/mol. The normalized spacial score (nSPS) is 15.8. The Bertz CT molecular complexity index is 955. The lowest BCUT2D eigenvalue weighted by atomic mass is 10.1. The van der Waals surface area contributed by atoms with Gasteiger partial charge in [0.2, 0.25) is 0 Å². The van der Waals surface area contributed by atoms with Crippen molar-refractivity contribution in [2.24, 2.45) is 5.73 Å². The van der Waals surface area contributed by atoms with Crippen LogP contribution in [0.15, 0.2) is 30.7 Å². The van der Waals surface area contributed by atoms with Crippen LogP contribution in [0.5, 0.6) is 11.5 Å². The molecule has 10 heteroatoms. The van der Waals surface area contributed by atoms with Crippen molar-refractivity contribution < 1.29 is 23.5 Å². The van der Waals surface area contributed by atoms with Crippen molar-refractivity contribution in [2.75, 3.05) is 24.5 Å². The minimum atomic E-state index is -0.828. The molecular weight excluding hydrogens is 405 g/mol. The van der Waals surface area contributed by atoms with Gasteiger partial charge in [0.25, 0.3) is 5.91 Å². The highest BCUT2D eigenvalue weighted by Gasteiger charge is 2.29. The fraction of sp³-hybridized carbons (Fsp3) is 0.429. The lowest BCUT2D eigenvalue weighted by Gasteiger charge is -2.26. The molecule has 1 aliphatic rings. The first kappa shape index (κ1) is 22.3. The summed E-state index contributed by atoms with van der Waals surface area (Å²) < 4.78 is 25.0. The van der Waals surface area contributed by atoms with Crippen molar-refractivity contribution in [3.05, 3.63) is 42.1 Å². The number of halogens is 1. The van der Waals surface area contributed by atoms with Crippen molar-refractivity contribution in [3.63, 3.8) is 0 Å². The number of rotatable bonds is 7. The maximum atomic E-state index is 14.0. The minimum Gasteiger partial charge on any atom is -0.451 e. The highest BCUT2D eigenvalue weighted by molar-refractivity contribution is 5.97. The summed E-state index contributed by atoms with van der Waals surface area (Å²) >= 11 is 0. The Morgan fingerprint density at radius 3 is 2.81 bits per heavy atom. The van der Waals surface area contributed by atoms with E-state index in [4.69, 9.17) is 15.2 Å². The second-order valence-corrected chi connectivity index (χ2v) is 7.43. The summed E-state index contributed by atoms with van der Waals surface area (Å²) in [5, 5.41) is 0. The van der Waals surface area contributed by atoms with Crippen molar-refractivity contribution in [3.8, 4) is 11.5 Å². The van der Waals surface area contributed by atoms with Crippen LogP contribution in [-0.4, -0.2) is 58.6 Å². The maximum absolute atomic E-state index is 14.0. The number of ether oxygens (including phenoxy) is 2. The molecule has 1 aliphatic heterocycles. The van der Waals surface area contributed by atoms with E-state index in [9.17, 15) is 14.0 Å². The van der Waals surface area contributed by atoms with Crippen molar-refractivity contribution in [2.45, 2.75) is 39.3 Å². The summed E-state index contributed by atoms with van der Waals surface area (Å²) in [7, 11) is 0. The summed E-state index contributed by atoms with van der Waals surface area (Å²) in [6, 6.07) is 3.75. The molecule has 2 aromatic rings. The summed E-state index contributed by atoms with van der Waals surface area (Å²) in [5.41, 5.74) is 5.22. The first-order chi connectivity index (χ1) is 14.8. The Kier molecular flexibility index (Phi) is 6.88. The Hall–Kier alpha value is -3.43. The van der Waals surface area contributed by atoms with Crippen LogP contribution in [-0.2, 0) is 4.74 Å². The smallest absolute Gasteiger partial charge is 0.404 e. The SMILES string of the molecule is CCN(C(=O)c1cc(F)ccc1Oc1cncnc1N1CCC(OC(N)=O)C1)C(C)C. The average Bonchev–Trinajstić information content (AvgIpc) is 3.17. The van der Waals surface area contributed by atoms with Crippen LogP contribution in [0.3, 0.4) is 0 Å². The van der Waals surface area contributed by atoms with E-state index in [1.54, 1.807) is 4.90 Å². The molecular formula is C21H26FN5O4. The second-order valence-electron chi connectivity index (χ2n) is 7.43. The van der Waals surface area contributed by atoms with Gasteiger partial charge in [-0.1, -0.05) is 0 Å². The van der Waals surface area contributed by atoms with E-state index in [0.717, 1.165) is 0 Å². The molecule has 1 aromatic carbocycles. The van der Waals surface area contributed by atoms with Gasteiger partial charge in [-0.15, -0.1) is 0 Å². The van der Waals surface area contributed by atoms with E-state index in [1.165, 1.54) is 30.7 Å². The number of aromatic nitrogens is 2. The molecule has 2 amide bonds. The molecule has 1 unspecified atom stereocenters. The van der Waals surface area contributed by atoms with E-state index in [1.807, 2.05) is 25.7 Å². The molecule has 31 heavy (non-hydrogen) atoms. The van der Waals surface area contributed by atoms with Crippen LogP contribution in [0.25, 0.3) is 0 Å². The summed E-state index contributed by atoms with van der Waals surface area (Å²) in [6.45, 7) is 7.07. The molecule has 0 aliphatic carbocycles. The number of carbonyl (C=O) groups is 2. The third kappa shape index (κ3) is 5.19. The van der Waals surface area contributed by atoms with Gasteiger partial charge in [-0.25, -0.2) is 19.2 Å². The number of anilines is 1. The number of benzene rings is 1. The number of primary amides is 1. The second kappa shape index (κ2) is 9.59. The van der Waals surface area contributed by atoms with Crippen molar-refractivity contribution >= 4 is 17.8 Å². The van der Waals surface area contributed by atoms with Crippen LogP contribution >= 0.6 is 0 Å². The molecule has 9 nitrogen and oxygen atoms in total. The van der Waals surface area contributed by atoms with E-state index in [-0.39, 0.29) is 29.4 Å². The topological polar surface area (TPSA) is 111 Å². The van der Waals surface area contributed by atoms with Gasteiger partial charge >= 0.3 is 6.09 Å². The summed E-state index contributed by atoms with van der Waals surface area (Å²) in [6.07, 6.45) is 2.26. The van der Waals surface area contributed by atoms with Crippen LogP contribution in [0.2, 0.25) is 0 Å². The van der Waals surface area contributed by atoms with Crippen LogP contribution in [0.1, 0.15) is 37.6 Å². The number of nitrogens with zero attached hydrogens (tertiary/aromatic N) is 4. The van der Waals surface area contributed by atoms with Gasteiger partial charge in [0, 0.05) is 25.6 Å². The van der Waals surface area contributed by atoms with E-state index >= 15 is 0 Å². The number of carbonyl (C=O) groups excluding carboxylic acids is 2. The van der Waals surface area contributed by atoms with E-state index in [2.05, 4.69) is 9.97 Å². The zero-order chi connectivity index (χ0) is 22.5. The lowest BCUT2D eigenvalue weighted by molar-refractivity contribution is 0.0713. The van der Waals surface area contributed by atoms with Gasteiger partial charge in [0.05, 0.1) is 18.3 Å². The van der Waals surface area contributed by atoms with E-state index in [0.29, 0.717) is 37.6 Å². The molecule has 0 spiro atoms. The number of amides is 2. The predicted molar refractivity (Wildman–Crippen MR) is 112 cm³/mol. The Labute approximate surface area is 180 Å². The molecule has 166 valence electrons. The first-order valence-corrected chi connectivity index (χ1v) is 10.1.